The van der Waals surface area contributed by atoms with E-state index in [0.717, 1.165) is 32.2 Å². The largest absolute Gasteiger partial charge is 0.379 e. The van der Waals surface area contributed by atoms with Crippen molar-refractivity contribution in [3.8, 4) is 0 Å². The van der Waals surface area contributed by atoms with E-state index in [9.17, 15) is 0 Å². The van der Waals surface area contributed by atoms with Crippen LogP contribution in [0.4, 0.5) is 0 Å². The van der Waals surface area contributed by atoms with Gasteiger partial charge in [0.15, 0.2) is 0 Å². The lowest BCUT2D eigenvalue weighted by atomic mass is 9.99. The summed E-state index contributed by atoms with van der Waals surface area (Å²) >= 11 is 0. The molecule has 0 aromatic carbocycles. The highest BCUT2D eigenvalue weighted by atomic mass is 16.5. The molecule has 0 aromatic heterocycles. The zero-order chi connectivity index (χ0) is 12.6. The second-order valence-corrected chi connectivity index (χ2v) is 5.56. The number of likely N-dealkylation sites (N-methyl/N-ethyl adjacent to an activating group) is 1. The fourth-order valence-electron chi connectivity index (χ4n) is 2.93. The van der Waals surface area contributed by atoms with Gasteiger partial charge in [0.1, 0.15) is 0 Å². The van der Waals surface area contributed by atoms with Crippen molar-refractivity contribution in [2.45, 2.75) is 19.8 Å². The molecule has 4 nitrogen and oxygen atoms in total. The fourth-order valence-corrected chi connectivity index (χ4v) is 2.93. The summed E-state index contributed by atoms with van der Waals surface area (Å²) in [5.74, 6) is 0.864. The molecule has 2 aliphatic rings. The Balaban J connectivity index is 1.64. The average molecular weight is 255 g/mol. The second kappa shape index (κ2) is 8.10. The maximum Gasteiger partial charge on any atom is 0.0594 e. The summed E-state index contributed by atoms with van der Waals surface area (Å²) in [4.78, 5) is 5.15. The molecule has 0 amide bonds. The van der Waals surface area contributed by atoms with E-state index in [2.05, 4.69) is 22.0 Å². The molecular formula is C14H29N3O. The van der Waals surface area contributed by atoms with Crippen molar-refractivity contribution in [1.82, 2.24) is 15.1 Å². The van der Waals surface area contributed by atoms with Crippen molar-refractivity contribution in [1.29, 1.82) is 0 Å². The normalized spacial score (nSPS) is 26.7. The number of ether oxygens (including phenoxy) is 1. The Labute approximate surface area is 112 Å². The van der Waals surface area contributed by atoms with Crippen LogP contribution in [0.15, 0.2) is 0 Å². The molecule has 0 radical (unpaired) electrons. The monoisotopic (exact) mass is 255 g/mol. The molecule has 4 heteroatoms. The maximum atomic E-state index is 5.39. The molecule has 2 saturated heterocycles. The summed E-state index contributed by atoms with van der Waals surface area (Å²) in [5, 5.41) is 3.52. The van der Waals surface area contributed by atoms with Crippen LogP contribution >= 0.6 is 0 Å². The van der Waals surface area contributed by atoms with Gasteiger partial charge in [0.05, 0.1) is 13.2 Å². The minimum absolute atomic E-state index is 0.864. The molecule has 18 heavy (non-hydrogen) atoms. The number of hydrogen-bond acceptors (Lipinski definition) is 4. The molecular weight excluding hydrogens is 226 g/mol. The third-order valence-corrected chi connectivity index (χ3v) is 4.20. The molecule has 2 rings (SSSR count). The third-order valence-electron chi connectivity index (χ3n) is 4.20. The lowest BCUT2D eigenvalue weighted by Crippen LogP contribution is -2.44. The second-order valence-electron chi connectivity index (χ2n) is 5.56. The Bertz CT molecular complexity index is 213. The average Bonchev–Trinajstić information content (AvgIpc) is 2.45. The highest BCUT2D eigenvalue weighted by Gasteiger charge is 2.17. The topological polar surface area (TPSA) is 27.7 Å². The van der Waals surface area contributed by atoms with Gasteiger partial charge in [-0.3, -0.25) is 4.90 Å². The number of nitrogens with zero attached hydrogens (tertiary/aromatic N) is 2. The molecule has 0 aliphatic carbocycles. The van der Waals surface area contributed by atoms with Crippen molar-refractivity contribution in [2.24, 2.45) is 5.92 Å². The van der Waals surface area contributed by atoms with Gasteiger partial charge in [-0.2, -0.15) is 0 Å². The number of rotatable bonds is 6. The van der Waals surface area contributed by atoms with Gasteiger partial charge in [-0.15, -0.1) is 0 Å². The smallest absolute Gasteiger partial charge is 0.0594 e. The summed E-state index contributed by atoms with van der Waals surface area (Å²) in [5.41, 5.74) is 0. The summed E-state index contributed by atoms with van der Waals surface area (Å²) in [6, 6.07) is 0. The van der Waals surface area contributed by atoms with Gasteiger partial charge >= 0.3 is 0 Å². The van der Waals surface area contributed by atoms with Crippen molar-refractivity contribution in [3.05, 3.63) is 0 Å². The van der Waals surface area contributed by atoms with Crippen molar-refractivity contribution >= 4 is 0 Å². The molecule has 0 saturated carbocycles. The molecule has 2 fully saturated rings. The quantitative estimate of drug-likeness (QED) is 0.754. The van der Waals surface area contributed by atoms with Crippen molar-refractivity contribution in [2.75, 3.05) is 65.6 Å². The Morgan fingerprint density at radius 1 is 1.33 bits per heavy atom. The molecule has 0 aromatic rings. The van der Waals surface area contributed by atoms with E-state index in [0.29, 0.717) is 0 Å². The molecule has 1 atom stereocenters. The van der Waals surface area contributed by atoms with E-state index in [-0.39, 0.29) is 0 Å². The third kappa shape index (κ3) is 4.84. The first-order valence-corrected chi connectivity index (χ1v) is 7.61. The van der Waals surface area contributed by atoms with Gasteiger partial charge in [0.25, 0.3) is 0 Å². The molecule has 0 spiro atoms. The van der Waals surface area contributed by atoms with E-state index in [4.69, 9.17) is 4.74 Å². The summed E-state index contributed by atoms with van der Waals surface area (Å²) in [6.45, 7) is 13.7. The van der Waals surface area contributed by atoms with Crippen LogP contribution in [0, 0.1) is 5.92 Å². The first kappa shape index (κ1) is 14.3. The maximum absolute atomic E-state index is 5.39. The standard InChI is InChI=1S/C14H29N3O/c1-2-16(13-14-4-3-5-15-12-14)6-7-17-8-10-18-11-9-17/h14-15H,2-13H2,1H3. The minimum atomic E-state index is 0.864. The van der Waals surface area contributed by atoms with E-state index < -0.39 is 0 Å². The Hall–Kier alpha value is -0.160. The van der Waals surface area contributed by atoms with Crippen LogP contribution in [0.3, 0.4) is 0 Å². The summed E-state index contributed by atoms with van der Waals surface area (Å²) in [7, 11) is 0. The van der Waals surface area contributed by atoms with Crippen LogP contribution in [0.2, 0.25) is 0 Å². The lowest BCUT2D eigenvalue weighted by molar-refractivity contribution is 0.0326. The fraction of sp³-hybridized carbons (Fsp3) is 1.00. The van der Waals surface area contributed by atoms with Crippen molar-refractivity contribution < 1.29 is 4.74 Å². The Morgan fingerprint density at radius 2 is 2.17 bits per heavy atom. The first-order chi connectivity index (χ1) is 8.88. The van der Waals surface area contributed by atoms with Crippen LogP contribution in [0.1, 0.15) is 19.8 Å². The first-order valence-electron chi connectivity index (χ1n) is 7.61. The van der Waals surface area contributed by atoms with Crippen LogP contribution in [-0.4, -0.2) is 75.4 Å². The minimum Gasteiger partial charge on any atom is -0.379 e. The van der Waals surface area contributed by atoms with E-state index >= 15 is 0 Å². The van der Waals surface area contributed by atoms with Crippen LogP contribution in [-0.2, 0) is 4.74 Å². The van der Waals surface area contributed by atoms with Gasteiger partial charge in [-0.05, 0) is 38.4 Å². The van der Waals surface area contributed by atoms with Gasteiger partial charge < -0.3 is 15.0 Å². The number of morpholine rings is 1. The summed E-state index contributed by atoms with van der Waals surface area (Å²) in [6.07, 6.45) is 2.76. The predicted molar refractivity (Wildman–Crippen MR) is 75.0 cm³/mol. The zero-order valence-corrected chi connectivity index (χ0v) is 11.9. The van der Waals surface area contributed by atoms with Crippen LogP contribution in [0.5, 0.6) is 0 Å². The van der Waals surface area contributed by atoms with Gasteiger partial charge in [0.2, 0.25) is 0 Å². The number of nitrogens with one attached hydrogen (secondary N) is 1. The predicted octanol–water partition coefficient (Wildman–Crippen LogP) is 0.640. The highest BCUT2D eigenvalue weighted by Crippen LogP contribution is 2.11. The molecule has 0 bridgehead atoms. The Morgan fingerprint density at radius 3 is 2.83 bits per heavy atom. The van der Waals surface area contributed by atoms with Gasteiger partial charge in [-0.1, -0.05) is 6.92 Å². The van der Waals surface area contributed by atoms with Crippen LogP contribution < -0.4 is 5.32 Å². The number of hydrogen-bond donors (Lipinski definition) is 1. The zero-order valence-electron chi connectivity index (χ0n) is 11.9. The highest BCUT2D eigenvalue weighted by molar-refractivity contribution is 4.73. The number of piperidine rings is 1. The SMILES string of the molecule is CCN(CCN1CCOCC1)CC1CCCNC1. The Kier molecular flexibility index (Phi) is 6.41. The summed E-state index contributed by atoms with van der Waals surface area (Å²) < 4.78 is 5.39. The molecule has 2 aliphatic heterocycles. The van der Waals surface area contributed by atoms with Gasteiger partial charge in [-0.25, -0.2) is 0 Å². The van der Waals surface area contributed by atoms with E-state index in [1.165, 1.54) is 52.1 Å². The lowest BCUT2D eigenvalue weighted by Gasteiger charge is -2.32. The molecule has 2 heterocycles. The molecule has 106 valence electrons. The van der Waals surface area contributed by atoms with E-state index in [1.54, 1.807) is 0 Å². The van der Waals surface area contributed by atoms with E-state index in [1.807, 2.05) is 0 Å². The van der Waals surface area contributed by atoms with Crippen molar-refractivity contribution in [3.63, 3.8) is 0 Å². The molecule has 1 N–H and O–H groups in total. The molecule has 1 unspecified atom stereocenters. The van der Waals surface area contributed by atoms with Gasteiger partial charge in [0, 0.05) is 32.7 Å². The van der Waals surface area contributed by atoms with Crippen LogP contribution in [0.25, 0.3) is 0 Å².